The summed E-state index contributed by atoms with van der Waals surface area (Å²) in [6.45, 7) is 9.17. The lowest BCUT2D eigenvalue weighted by Crippen LogP contribution is -2.34. The predicted octanol–water partition coefficient (Wildman–Crippen LogP) is 3.51. The van der Waals surface area contributed by atoms with Crippen LogP contribution in [0, 0.1) is 13.8 Å². The van der Waals surface area contributed by atoms with Crippen molar-refractivity contribution in [2.45, 2.75) is 71.9 Å². The van der Waals surface area contributed by atoms with Gasteiger partial charge in [-0.15, -0.1) is 0 Å². The fraction of sp³-hybridized carbons (Fsp3) is 0.667. The molecule has 0 saturated carbocycles. The second kappa shape index (κ2) is 9.06. The van der Waals surface area contributed by atoms with Gasteiger partial charge in [-0.3, -0.25) is 0 Å². The van der Waals surface area contributed by atoms with E-state index in [0.717, 1.165) is 44.5 Å². The third-order valence-corrected chi connectivity index (χ3v) is 3.95. The van der Waals surface area contributed by atoms with Crippen LogP contribution in [0.15, 0.2) is 12.1 Å². The summed E-state index contributed by atoms with van der Waals surface area (Å²) in [5, 5.41) is 10.1. The minimum absolute atomic E-state index is 0.109. The number of benzene rings is 1. The van der Waals surface area contributed by atoms with E-state index in [1.54, 1.807) is 0 Å². The van der Waals surface area contributed by atoms with Gasteiger partial charge in [0, 0.05) is 6.04 Å². The summed E-state index contributed by atoms with van der Waals surface area (Å²) in [6, 6.07) is 4.08. The molecular formula is C18H31NO2. The first-order chi connectivity index (χ1) is 9.99. The number of aliphatic hydroxyl groups is 1. The third-order valence-electron chi connectivity index (χ3n) is 3.95. The second-order valence-electron chi connectivity index (χ2n) is 5.94. The molecule has 0 aromatic heterocycles. The van der Waals surface area contributed by atoms with Crippen LogP contribution >= 0.6 is 0 Å². The Hall–Kier alpha value is -1.06. The Morgan fingerprint density at radius 3 is 2.24 bits per heavy atom. The highest BCUT2D eigenvalue weighted by Gasteiger charge is 2.15. The van der Waals surface area contributed by atoms with Crippen LogP contribution < -0.4 is 10.5 Å². The first-order valence-corrected chi connectivity index (χ1v) is 8.16. The van der Waals surface area contributed by atoms with Crippen LogP contribution in [0.2, 0.25) is 0 Å². The molecule has 0 spiro atoms. The van der Waals surface area contributed by atoms with Gasteiger partial charge in [-0.05, 0) is 68.4 Å². The number of nitrogens with two attached hydrogens (primary N) is 1. The SMILES string of the molecule is CCCOc1cc(C)c(CCC(O)C(N)CCC)c(C)c1. The smallest absolute Gasteiger partial charge is 0.119 e. The Kier molecular flexibility index (Phi) is 7.76. The molecule has 0 bridgehead atoms. The molecule has 1 aromatic carbocycles. The molecule has 0 aliphatic carbocycles. The zero-order valence-corrected chi connectivity index (χ0v) is 14.0. The lowest BCUT2D eigenvalue weighted by atomic mass is 9.94. The summed E-state index contributed by atoms with van der Waals surface area (Å²) < 4.78 is 5.70. The average Bonchev–Trinajstić information content (AvgIpc) is 2.44. The number of ether oxygens (including phenoxy) is 1. The van der Waals surface area contributed by atoms with Crippen LogP contribution in [0.1, 0.15) is 56.2 Å². The van der Waals surface area contributed by atoms with E-state index in [4.69, 9.17) is 10.5 Å². The highest BCUT2D eigenvalue weighted by Crippen LogP contribution is 2.24. The fourth-order valence-electron chi connectivity index (χ4n) is 2.68. The van der Waals surface area contributed by atoms with E-state index in [1.807, 2.05) is 0 Å². The molecule has 0 radical (unpaired) electrons. The topological polar surface area (TPSA) is 55.5 Å². The molecule has 0 heterocycles. The average molecular weight is 293 g/mol. The van der Waals surface area contributed by atoms with E-state index in [2.05, 4.69) is 39.8 Å². The lowest BCUT2D eigenvalue weighted by molar-refractivity contribution is 0.131. The molecule has 120 valence electrons. The van der Waals surface area contributed by atoms with E-state index in [9.17, 15) is 5.11 Å². The van der Waals surface area contributed by atoms with Crippen molar-refractivity contribution >= 4 is 0 Å². The normalized spacial score (nSPS) is 14.0. The molecule has 3 heteroatoms. The molecule has 0 amide bonds. The Bertz CT molecular complexity index is 408. The van der Waals surface area contributed by atoms with Crippen LogP contribution in [-0.2, 0) is 6.42 Å². The molecule has 2 atom stereocenters. The summed E-state index contributed by atoms with van der Waals surface area (Å²) in [6.07, 6.45) is 4.08. The first-order valence-electron chi connectivity index (χ1n) is 8.16. The fourth-order valence-corrected chi connectivity index (χ4v) is 2.68. The van der Waals surface area contributed by atoms with Crippen LogP contribution in [-0.4, -0.2) is 23.9 Å². The summed E-state index contributed by atoms with van der Waals surface area (Å²) >= 11 is 0. The van der Waals surface area contributed by atoms with E-state index in [1.165, 1.54) is 16.7 Å². The molecule has 1 rings (SSSR count). The Morgan fingerprint density at radius 2 is 1.71 bits per heavy atom. The molecule has 3 N–H and O–H groups in total. The Balaban J connectivity index is 2.67. The van der Waals surface area contributed by atoms with Gasteiger partial charge in [-0.1, -0.05) is 20.3 Å². The zero-order valence-electron chi connectivity index (χ0n) is 14.0. The minimum Gasteiger partial charge on any atom is -0.494 e. The monoisotopic (exact) mass is 293 g/mol. The van der Waals surface area contributed by atoms with E-state index < -0.39 is 6.10 Å². The zero-order chi connectivity index (χ0) is 15.8. The number of aryl methyl sites for hydroxylation is 2. The van der Waals surface area contributed by atoms with Crippen molar-refractivity contribution in [1.82, 2.24) is 0 Å². The van der Waals surface area contributed by atoms with Crippen LogP contribution in [0.25, 0.3) is 0 Å². The number of hydrogen-bond donors (Lipinski definition) is 2. The van der Waals surface area contributed by atoms with Gasteiger partial charge in [0.05, 0.1) is 12.7 Å². The van der Waals surface area contributed by atoms with Crippen molar-refractivity contribution < 1.29 is 9.84 Å². The van der Waals surface area contributed by atoms with Crippen molar-refractivity contribution in [1.29, 1.82) is 0 Å². The van der Waals surface area contributed by atoms with Gasteiger partial charge in [0.15, 0.2) is 0 Å². The maximum Gasteiger partial charge on any atom is 0.119 e. The van der Waals surface area contributed by atoms with Gasteiger partial charge in [0.2, 0.25) is 0 Å². The molecule has 0 aliphatic heterocycles. The number of aliphatic hydroxyl groups excluding tert-OH is 1. The maximum atomic E-state index is 10.1. The highest BCUT2D eigenvalue weighted by atomic mass is 16.5. The van der Waals surface area contributed by atoms with Crippen LogP contribution in [0.4, 0.5) is 0 Å². The van der Waals surface area contributed by atoms with Crippen LogP contribution in [0.5, 0.6) is 5.75 Å². The second-order valence-corrected chi connectivity index (χ2v) is 5.94. The molecular weight excluding hydrogens is 262 g/mol. The summed E-state index contributed by atoms with van der Waals surface area (Å²) in [7, 11) is 0. The van der Waals surface area contributed by atoms with E-state index in [-0.39, 0.29) is 6.04 Å². The van der Waals surface area contributed by atoms with Gasteiger partial charge in [-0.25, -0.2) is 0 Å². The molecule has 0 saturated heterocycles. The lowest BCUT2D eigenvalue weighted by Gasteiger charge is -2.19. The van der Waals surface area contributed by atoms with Crippen molar-refractivity contribution in [3.8, 4) is 5.75 Å². The standard InChI is InChI=1S/C18H31NO2/c1-5-7-17(19)18(20)9-8-16-13(3)11-15(12-14(16)4)21-10-6-2/h11-12,17-18,20H,5-10,19H2,1-4H3. The predicted molar refractivity (Wildman–Crippen MR) is 88.9 cm³/mol. The minimum atomic E-state index is -0.417. The molecule has 2 unspecified atom stereocenters. The van der Waals surface area contributed by atoms with Gasteiger partial charge >= 0.3 is 0 Å². The van der Waals surface area contributed by atoms with Crippen molar-refractivity contribution in [2.75, 3.05) is 6.61 Å². The first kappa shape index (κ1) is 18.0. The van der Waals surface area contributed by atoms with Gasteiger partial charge in [0.25, 0.3) is 0 Å². The molecule has 21 heavy (non-hydrogen) atoms. The van der Waals surface area contributed by atoms with Crippen molar-refractivity contribution in [3.05, 3.63) is 28.8 Å². The Morgan fingerprint density at radius 1 is 1.10 bits per heavy atom. The maximum absolute atomic E-state index is 10.1. The summed E-state index contributed by atoms with van der Waals surface area (Å²) in [5.41, 5.74) is 9.75. The highest BCUT2D eigenvalue weighted by molar-refractivity contribution is 5.41. The quantitative estimate of drug-likeness (QED) is 0.732. The van der Waals surface area contributed by atoms with Gasteiger partial charge in [0.1, 0.15) is 5.75 Å². The summed E-state index contributed by atoms with van der Waals surface area (Å²) in [4.78, 5) is 0. The van der Waals surface area contributed by atoms with Gasteiger partial charge < -0.3 is 15.6 Å². The number of rotatable bonds is 9. The molecule has 3 nitrogen and oxygen atoms in total. The van der Waals surface area contributed by atoms with Crippen molar-refractivity contribution in [3.63, 3.8) is 0 Å². The van der Waals surface area contributed by atoms with Gasteiger partial charge in [-0.2, -0.15) is 0 Å². The van der Waals surface area contributed by atoms with Crippen LogP contribution in [0.3, 0.4) is 0 Å². The molecule has 0 aliphatic rings. The largest absolute Gasteiger partial charge is 0.494 e. The Labute approximate surface area is 129 Å². The van der Waals surface area contributed by atoms with E-state index >= 15 is 0 Å². The molecule has 0 fully saturated rings. The van der Waals surface area contributed by atoms with E-state index in [0.29, 0.717) is 0 Å². The summed E-state index contributed by atoms with van der Waals surface area (Å²) in [5.74, 6) is 0.943. The third kappa shape index (κ3) is 5.68. The van der Waals surface area contributed by atoms with Crippen molar-refractivity contribution in [2.24, 2.45) is 5.73 Å². The molecule has 1 aromatic rings. The number of hydrogen-bond acceptors (Lipinski definition) is 3.